The number of aliphatic hydroxyl groups excluding tert-OH is 3. The molecule has 0 radical (unpaired) electrons. The molecule has 1 amide bonds. The van der Waals surface area contributed by atoms with Gasteiger partial charge in [0.15, 0.2) is 0 Å². The predicted molar refractivity (Wildman–Crippen MR) is 120 cm³/mol. The Morgan fingerprint density at radius 1 is 1.28 bits per heavy atom. The summed E-state index contributed by atoms with van der Waals surface area (Å²) in [7, 11) is 1.48. The Kier molecular flexibility index (Phi) is 5.79. The number of nitrogens with one attached hydrogen (secondary N) is 1. The normalized spacial score (nSPS) is 21.8. The summed E-state index contributed by atoms with van der Waals surface area (Å²) >= 11 is 5.94. The van der Waals surface area contributed by atoms with Gasteiger partial charge in [0.05, 0.1) is 19.0 Å². The van der Waals surface area contributed by atoms with Crippen molar-refractivity contribution in [2.24, 2.45) is 0 Å². The maximum Gasteiger partial charge on any atom is 0.238 e. The number of pyridine rings is 1. The Balaban J connectivity index is 1.71. The average Bonchev–Trinajstić information content (AvgIpc) is 2.76. The second kappa shape index (κ2) is 8.27. The summed E-state index contributed by atoms with van der Waals surface area (Å²) in [6, 6.07) is 9.29. The van der Waals surface area contributed by atoms with E-state index < -0.39 is 17.6 Å². The van der Waals surface area contributed by atoms with Crippen LogP contribution in [0.1, 0.15) is 30.9 Å². The third-order valence-electron chi connectivity index (χ3n) is 6.22. The van der Waals surface area contributed by atoms with Gasteiger partial charge in [-0.15, -0.1) is 0 Å². The lowest BCUT2D eigenvalue weighted by atomic mass is 9.68. The minimum atomic E-state index is -1.29. The second-order valence-corrected chi connectivity index (χ2v) is 8.89. The standard InChI is InChI=1S/C23H26ClN3O5/c1-12(2)13-6-4-5-7-14(13)23(10-27(11-23)18-19(28)21(30)20(18)29)22(31)26-15-9-25-17(24)8-16(15)32-3/h4-9,12,19,21,28-30H,10-11H2,1-3H3,(H,26,31). The summed E-state index contributed by atoms with van der Waals surface area (Å²) in [5, 5.41) is 33.0. The number of anilines is 1. The summed E-state index contributed by atoms with van der Waals surface area (Å²) in [4.78, 5) is 19.5. The highest BCUT2D eigenvalue weighted by Gasteiger charge is 2.56. The first-order valence-corrected chi connectivity index (χ1v) is 10.7. The number of aromatic nitrogens is 1. The van der Waals surface area contributed by atoms with Gasteiger partial charge < -0.3 is 30.3 Å². The van der Waals surface area contributed by atoms with Gasteiger partial charge in [0.25, 0.3) is 0 Å². The van der Waals surface area contributed by atoms with Gasteiger partial charge >= 0.3 is 0 Å². The zero-order valence-corrected chi connectivity index (χ0v) is 18.8. The fraction of sp³-hybridized carbons (Fsp3) is 0.391. The van der Waals surface area contributed by atoms with Gasteiger partial charge in [0.2, 0.25) is 5.91 Å². The molecule has 0 bridgehead atoms. The maximum absolute atomic E-state index is 13.7. The Morgan fingerprint density at radius 3 is 2.59 bits per heavy atom. The van der Waals surface area contributed by atoms with E-state index in [0.29, 0.717) is 11.4 Å². The van der Waals surface area contributed by atoms with E-state index in [1.165, 1.54) is 19.4 Å². The number of ether oxygens (including phenoxy) is 1. The van der Waals surface area contributed by atoms with Crippen LogP contribution in [0.25, 0.3) is 0 Å². The van der Waals surface area contributed by atoms with E-state index >= 15 is 0 Å². The smallest absolute Gasteiger partial charge is 0.238 e. The van der Waals surface area contributed by atoms with Crippen molar-refractivity contribution in [1.29, 1.82) is 0 Å². The molecule has 0 saturated carbocycles. The van der Waals surface area contributed by atoms with E-state index in [2.05, 4.69) is 24.1 Å². The Morgan fingerprint density at radius 2 is 1.97 bits per heavy atom. The van der Waals surface area contributed by atoms with E-state index in [1.807, 2.05) is 24.3 Å². The maximum atomic E-state index is 13.7. The highest BCUT2D eigenvalue weighted by molar-refractivity contribution is 6.29. The van der Waals surface area contributed by atoms with Crippen LogP contribution in [0.15, 0.2) is 48.0 Å². The third kappa shape index (κ3) is 3.48. The van der Waals surface area contributed by atoms with Crippen molar-refractivity contribution in [1.82, 2.24) is 9.88 Å². The van der Waals surface area contributed by atoms with Crippen molar-refractivity contribution >= 4 is 23.2 Å². The van der Waals surface area contributed by atoms with E-state index in [4.69, 9.17) is 16.3 Å². The Hall–Kier alpha value is -2.81. The van der Waals surface area contributed by atoms with Crippen LogP contribution in [-0.2, 0) is 10.2 Å². The van der Waals surface area contributed by atoms with Crippen LogP contribution >= 0.6 is 11.6 Å². The summed E-state index contributed by atoms with van der Waals surface area (Å²) in [6.07, 6.45) is -1.02. The zero-order valence-electron chi connectivity index (χ0n) is 18.0. The van der Waals surface area contributed by atoms with Crippen molar-refractivity contribution in [3.05, 3.63) is 64.3 Å². The van der Waals surface area contributed by atoms with Crippen LogP contribution in [0.2, 0.25) is 5.15 Å². The molecule has 1 aromatic carbocycles. The number of carbonyl (C=O) groups is 1. The molecular formula is C23H26ClN3O5. The topological polar surface area (TPSA) is 115 Å². The first-order valence-electron chi connectivity index (χ1n) is 10.3. The van der Waals surface area contributed by atoms with Gasteiger partial charge in [0, 0.05) is 19.2 Å². The molecule has 2 unspecified atom stereocenters. The number of hydrogen-bond acceptors (Lipinski definition) is 7. The van der Waals surface area contributed by atoms with Crippen LogP contribution in [0.4, 0.5) is 5.69 Å². The fourth-order valence-electron chi connectivity index (χ4n) is 4.42. The molecule has 2 heterocycles. The quantitative estimate of drug-likeness (QED) is 0.491. The molecule has 1 aliphatic carbocycles. The molecule has 4 rings (SSSR count). The molecule has 2 atom stereocenters. The van der Waals surface area contributed by atoms with Gasteiger partial charge in [-0.05, 0) is 17.0 Å². The molecule has 32 heavy (non-hydrogen) atoms. The van der Waals surface area contributed by atoms with E-state index in [9.17, 15) is 20.1 Å². The summed E-state index contributed by atoms with van der Waals surface area (Å²) < 4.78 is 5.33. The van der Waals surface area contributed by atoms with Gasteiger partial charge in [0.1, 0.15) is 40.0 Å². The average molecular weight is 460 g/mol. The molecule has 2 aliphatic rings. The fourth-order valence-corrected chi connectivity index (χ4v) is 4.57. The van der Waals surface area contributed by atoms with Gasteiger partial charge in [-0.25, -0.2) is 4.98 Å². The van der Waals surface area contributed by atoms with Crippen LogP contribution in [-0.4, -0.2) is 63.5 Å². The molecule has 1 fully saturated rings. The first kappa shape index (κ1) is 22.4. The molecule has 0 spiro atoms. The lowest BCUT2D eigenvalue weighted by Crippen LogP contribution is -2.67. The lowest BCUT2D eigenvalue weighted by Gasteiger charge is -2.54. The lowest BCUT2D eigenvalue weighted by molar-refractivity contribution is -0.129. The van der Waals surface area contributed by atoms with Crippen LogP contribution < -0.4 is 10.1 Å². The van der Waals surface area contributed by atoms with Crippen LogP contribution in [0.3, 0.4) is 0 Å². The van der Waals surface area contributed by atoms with Crippen molar-refractivity contribution in [3.8, 4) is 5.75 Å². The minimum absolute atomic E-state index is 0.181. The van der Waals surface area contributed by atoms with Crippen molar-refractivity contribution in [2.45, 2.75) is 37.4 Å². The summed E-state index contributed by atoms with van der Waals surface area (Å²) in [5.74, 6) is 0.0473. The van der Waals surface area contributed by atoms with E-state index in [0.717, 1.165) is 11.1 Å². The van der Waals surface area contributed by atoms with Crippen LogP contribution in [0, 0.1) is 0 Å². The Bertz CT molecular complexity index is 1080. The predicted octanol–water partition coefficient (Wildman–Crippen LogP) is 2.56. The Labute approximate surface area is 191 Å². The highest BCUT2D eigenvalue weighted by atomic mass is 35.5. The number of rotatable bonds is 6. The van der Waals surface area contributed by atoms with Crippen molar-refractivity contribution < 1.29 is 24.9 Å². The second-order valence-electron chi connectivity index (χ2n) is 8.50. The zero-order chi connectivity index (χ0) is 23.2. The SMILES string of the molecule is COc1cc(Cl)ncc1NC(=O)C1(c2ccccc2C(C)C)CN(C2=C(O)C(O)C2O)C1. The molecule has 8 nitrogen and oxygen atoms in total. The molecular weight excluding hydrogens is 434 g/mol. The molecule has 2 aromatic rings. The molecule has 1 aliphatic heterocycles. The number of hydrogen-bond donors (Lipinski definition) is 4. The summed E-state index contributed by atoms with van der Waals surface area (Å²) in [5.41, 5.74) is 1.62. The number of carbonyl (C=O) groups excluding carboxylic acids is 1. The molecule has 9 heteroatoms. The van der Waals surface area contributed by atoms with Gasteiger partial charge in [-0.3, -0.25) is 4.79 Å². The number of nitrogens with zero attached hydrogens (tertiary/aromatic N) is 2. The minimum Gasteiger partial charge on any atom is -0.507 e. The highest BCUT2D eigenvalue weighted by Crippen LogP contribution is 2.45. The molecule has 1 aromatic heterocycles. The number of amides is 1. The van der Waals surface area contributed by atoms with Crippen LogP contribution in [0.5, 0.6) is 5.75 Å². The number of benzene rings is 1. The molecule has 4 N–H and O–H groups in total. The monoisotopic (exact) mass is 459 g/mol. The number of aliphatic hydroxyl groups is 3. The van der Waals surface area contributed by atoms with Crippen molar-refractivity contribution in [2.75, 3.05) is 25.5 Å². The third-order valence-corrected chi connectivity index (χ3v) is 6.42. The first-order chi connectivity index (χ1) is 15.2. The number of likely N-dealkylation sites (tertiary alicyclic amines) is 1. The molecule has 170 valence electrons. The number of methoxy groups -OCH3 is 1. The van der Waals surface area contributed by atoms with Gasteiger partial charge in [-0.2, -0.15) is 0 Å². The summed E-state index contributed by atoms with van der Waals surface area (Å²) in [6.45, 7) is 4.59. The van der Waals surface area contributed by atoms with E-state index in [-0.39, 0.29) is 41.5 Å². The van der Waals surface area contributed by atoms with Crippen molar-refractivity contribution in [3.63, 3.8) is 0 Å². The largest absolute Gasteiger partial charge is 0.507 e. The molecule has 1 saturated heterocycles. The van der Waals surface area contributed by atoms with E-state index in [1.54, 1.807) is 4.90 Å². The number of halogens is 1. The van der Waals surface area contributed by atoms with Gasteiger partial charge in [-0.1, -0.05) is 49.7 Å².